The molecule has 0 aromatic heterocycles. The van der Waals surface area contributed by atoms with Crippen molar-refractivity contribution in [2.24, 2.45) is 5.92 Å². The molecule has 1 saturated heterocycles. The zero-order chi connectivity index (χ0) is 12.3. The fourth-order valence-corrected chi connectivity index (χ4v) is 2.06. The van der Waals surface area contributed by atoms with Crippen LogP contribution in [0.25, 0.3) is 0 Å². The summed E-state index contributed by atoms with van der Waals surface area (Å²) in [7, 11) is 0. The number of ether oxygens (including phenoxy) is 1. The Hall–Kier alpha value is -1.22. The molecule has 2 unspecified atom stereocenters. The number of benzene rings is 1. The van der Waals surface area contributed by atoms with Crippen molar-refractivity contribution in [3.8, 4) is 0 Å². The summed E-state index contributed by atoms with van der Waals surface area (Å²) in [5, 5.41) is 0. The van der Waals surface area contributed by atoms with Crippen molar-refractivity contribution in [2.75, 3.05) is 12.4 Å². The second-order valence-corrected chi connectivity index (χ2v) is 4.73. The lowest BCUT2D eigenvalue weighted by atomic mass is 10.1. The van der Waals surface area contributed by atoms with Gasteiger partial charge >= 0.3 is 6.09 Å². The predicted octanol–water partition coefficient (Wildman–Crippen LogP) is 2.88. The van der Waals surface area contributed by atoms with Gasteiger partial charge in [0, 0.05) is 18.3 Å². The molecule has 2 atom stereocenters. The van der Waals surface area contributed by atoms with Gasteiger partial charge in [-0.2, -0.15) is 0 Å². The minimum Gasteiger partial charge on any atom is -0.444 e. The van der Waals surface area contributed by atoms with Crippen LogP contribution in [-0.4, -0.2) is 29.5 Å². The van der Waals surface area contributed by atoms with Crippen molar-refractivity contribution in [1.29, 1.82) is 0 Å². The van der Waals surface area contributed by atoms with Gasteiger partial charge in [-0.3, -0.25) is 0 Å². The molecule has 0 spiro atoms. The normalized spacial score (nSPS) is 21.4. The monoisotopic (exact) mass is 253 g/mol. The van der Waals surface area contributed by atoms with Crippen LogP contribution in [-0.2, 0) is 11.3 Å². The Labute approximate surface area is 106 Å². The van der Waals surface area contributed by atoms with E-state index in [4.69, 9.17) is 16.3 Å². The lowest BCUT2D eigenvalue weighted by Crippen LogP contribution is -2.27. The Bertz CT molecular complexity index is 382. The molecule has 0 saturated carbocycles. The molecule has 1 aromatic carbocycles. The SMILES string of the molecule is CC(CCl)C1CN(Cc2ccccc2)C(=O)O1. The Kier molecular flexibility index (Phi) is 3.89. The van der Waals surface area contributed by atoms with Crippen molar-refractivity contribution in [1.82, 2.24) is 4.90 Å². The maximum absolute atomic E-state index is 11.7. The van der Waals surface area contributed by atoms with Crippen LogP contribution in [0, 0.1) is 5.92 Å². The summed E-state index contributed by atoms with van der Waals surface area (Å²) in [5.41, 5.74) is 1.11. The van der Waals surface area contributed by atoms with Crippen LogP contribution >= 0.6 is 11.6 Å². The molecule has 0 radical (unpaired) electrons. The highest BCUT2D eigenvalue weighted by Crippen LogP contribution is 2.21. The number of nitrogens with zero attached hydrogens (tertiary/aromatic N) is 1. The van der Waals surface area contributed by atoms with Crippen molar-refractivity contribution in [2.45, 2.75) is 19.6 Å². The first-order chi connectivity index (χ1) is 8.20. The molecule has 1 amide bonds. The minimum absolute atomic E-state index is 0.0799. The maximum Gasteiger partial charge on any atom is 0.410 e. The molecule has 1 aromatic rings. The van der Waals surface area contributed by atoms with Gasteiger partial charge in [-0.25, -0.2) is 4.79 Å². The van der Waals surface area contributed by atoms with E-state index in [1.165, 1.54) is 0 Å². The quantitative estimate of drug-likeness (QED) is 0.773. The third-order valence-corrected chi connectivity index (χ3v) is 3.49. The van der Waals surface area contributed by atoms with Gasteiger partial charge in [-0.05, 0) is 5.56 Å². The first kappa shape index (κ1) is 12.2. The molecule has 0 bridgehead atoms. The lowest BCUT2D eigenvalue weighted by Gasteiger charge is -2.15. The molecular formula is C13H16ClNO2. The van der Waals surface area contributed by atoms with Gasteiger partial charge in [0.15, 0.2) is 0 Å². The number of alkyl halides is 1. The minimum atomic E-state index is -0.240. The maximum atomic E-state index is 11.7. The lowest BCUT2D eigenvalue weighted by molar-refractivity contribution is 0.112. The summed E-state index contributed by atoms with van der Waals surface area (Å²) in [6.07, 6.45) is -0.320. The number of rotatable bonds is 4. The molecule has 0 N–H and O–H groups in total. The highest BCUT2D eigenvalue weighted by Gasteiger charge is 2.34. The van der Waals surface area contributed by atoms with Crippen LogP contribution in [0.4, 0.5) is 4.79 Å². The van der Waals surface area contributed by atoms with E-state index in [1.54, 1.807) is 4.90 Å². The fourth-order valence-electron chi connectivity index (χ4n) is 1.86. The van der Waals surface area contributed by atoms with Gasteiger partial charge in [0.25, 0.3) is 0 Å². The Morgan fingerprint density at radius 3 is 2.82 bits per heavy atom. The van der Waals surface area contributed by atoms with E-state index in [0.29, 0.717) is 19.0 Å². The van der Waals surface area contributed by atoms with Gasteiger partial charge < -0.3 is 9.64 Å². The largest absolute Gasteiger partial charge is 0.444 e. The summed E-state index contributed by atoms with van der Waals surface area (Å²) >= 11 is 5.78. The van der Waals surface area contributed by atoms with E-state index in [-0.39, 0.29) is 18.1 Å². The smallest absolute Gasteiger partial charge is 0.410 e. The standard InChI is InChI=1S/C13H16ClNO2/c1-10(7-14)12-9-15(13(16)17-12)8-11-5-3-2-4-6-11/h2-6,10,12H,7-9H2,1H3. The number of cyclic esters (lactones) is 1. The molecule has 17 heavy (non-hydrogen) atoms. The number of hydrogen-bond donors (Lipinski definition) is 0. The predicted molar refractivity (Wildman–Crippen MR) is 67.0 cm³/mol. The highest BCUT2D eigenvalue weighted by atomic mass is 35.5. The van der Waals surface area contributed by atoms with Crippen molar-refractivity contribution < 1.29 is 9.53 Å². The first-order valence-electron chi connectivity index (χ1n) is 5.76. The molecule has 1 aliphatic heterocycles. The number of carbonyl (C=O) groups excluding carboxylic acids is 1. The van der Waals surface area contributed by atoms with Gasteiger partial charge in [0.2, 0.25) is 0 Å². The Morgan fingerprint density at radius 2 is 2.18 bits per heavy atom. The molecule has 1 aliphatic rings. The third kappa shape index (κ3) is 2.91. The van der Waals surface area contributed by atoms with Gasteiger partial charge in [0.1, 0.15) is 6.10 Å². The average Bonchev–Trinajstić information content (AvgIpc) is 2.71. The highest BCUT2D eigenvalue weighted by molar-refractivity contribution is 6.18. The Morgan fingerprint density at radius 1 is 1.47 bits per heavy atom. The second-order valence-electron chi connectivity index (χ2n) is 4.42. The number of carbonyl (C=O) groups is 1. The molecule has 1 heterocycles. The number of hydrogen-bond acceptors (Lipinski definition) is 2. The van der Waals surface area contributed by atoms with Gasteiger partial charge in [-0.15, -0.1) is 11.6 Å². The van der Waals surface area contributed by atoms with Gasteiger partial charge in [-0.1, -0.05) is 37.3 Å². The van der Waals surface area contributed by atoms with Crippen LogP contribution in [0.15, 0.2) is 30.3 Å². The van der Waals surface area contributed by atoms with Crippen LogP contribution in [0.2, 0.25) is 0 Å². The molecule has 2 rings (SSSR count). The Balaban J connectivity index is 1.97. The zero-order valence-corrected chi connectivity index (χ0v) is 10.6. The second kappa shape index (κ2) is 5.41. The summed E-state index contributed by atoms with van der Waals surface area (Å²) in [4.78, 5) is 13.4. The molecule has 1 fully saturated rings. The van der Waals surface area contributed by atoms with Gasteiger partial charge in [0.05, 0.1) is 6.54 Å². The van der Waals surface area contributed by atoms with E-state index >= 15 is 0 Å². The molecule has 4 heteroatoms. The summed E-state index contributed by atoms with van der Waals surface area (Å²) in [6, 6.07) is 9.91. The van der Waals surface area contributed by atoms with E-state index in [9.17, 15) is 4.79 Å². The van der Waals surface area contributed by atoms with Crippen molar-refractivity contribution >= 4 is 17.7 Å². The molecule has 3 nitrogen and oxygen atoms in total. The van der Waals surface area contributed by atoms with E-state index in [1.807, 2.05) is 37.3 Å². The van der Waals surface area contributed by atoms with E-state index in [2.05, 4.69) is 0 Å². The first-order valence-corrected chi connectivity index (χ1v) is 6.29. The summed E-state index contributed by atoms with van der Waals surface area (Å²) < 4.78 is 5.30. The zero-order valence-electron chi connectivity index (χ0n) is 9.80. The van der Waals surface area contributed by atoms with Crippen molar-refractivity contribution in [3.63, 3.8) is 0 Å². The van der Waals surface area contributed by atoms with E-state index < -0.39 is 0 Å². The van der Waals surface area contributed by atoms with Crippen LogP contribution in [0.5, 0.6) is 0 Å². The van der Waals surface area contributed by atoms with Crippen LogP contribution < -0.4 is 0 Å². The number of halogens is 1. The number of amides is 1. The van der Waals surface area contributed by atoms with Crippen molar-refractivity contribution in [3.05, 3.63) is 35.9 Å². The topological polar surface area (TPSA) is 29.5 Å². The summed E-state index contributed by atoms with van der Waals surface area (Å²) in [6.45, 7) is 3.23. The molecule has 92 valence electrons. The summed E-state index contributed by atoms with van der Waals surface area (Å²) in [5.74, 6) is 0.707. The van der Waals surface area contributed by atoms with E-state index in [0.717, 1.165) is 5.56 Å². The third-order valence-electron chi connectivity index (χ3n) is 3.01. The van der Waals surface area contributed by atoms with Crippen LogP contribution in [0.1, 0.15) is 12.5 Å². The molecular weight excluding hydrogens is 238 g/mol. The average molecular weight is 254 g/mol. The van der Waals surface area contributed by atoms with Crippen LogP contribution in [0.3, 0.4) is 0 Å². The molecule has 0 aliphatic carbocycles. The fraction of sp³-hybridized carbons (Fsp3) is 0.462.